The minimum absolute atomic E-state index is 0.0120. The molecule has 5 nitrogen and oxygen atoms in total. The molecule has 0 amide bonds. The highest BCUT2D eigenvalue weighted by Crippen LogP contribution is 2.72. The van der Waals surface area contributed by atoms with Gasteiger partial charge in [-0.15, -0.1) is 0 Å². The highest BCUT2D eigenvalue weighted by Gasteiger charge is 2.73. The first kappa shape index (κ1) is 25.7. The van der Waals surface area contributed by atoms with E-state index in [1.807, 2.05) is 45.9 Å². The number of esters is 1. The fraction of sp³-hybridized carbons (Fsp3) is 0.677. The number of ketones is 1. The van der Waals surface area contributed by atoms with E-state index in [9.17, 15) is 19.8 Å². The molecule has 4 aliphatic carbocycles. The topological polar surface area (TPSA) is 83.8 Å². The lowest BCUT2D eigenvalue weighted by molar-refractivity contribution is -0.231. The second kappa shape index (κ2) is 8.01. The molecule has 1 aromatic rings. The molecule has 4 aliphatic rings. The third-order valence-corrected chi connectivity index (χ3v) is 11.4. The van der Waals surface area contributed by atoms with Crippen molar-refractivity contribution in [2.45, 2.75) is 97.9 Å². The normalized spacial score (nSPS) is 45.5. The summed E-state index contributed by atoms with van der Waals surface area (Å²) < 4.78 is 5.87. The molecule has 9 atom stereocenters. The number of ether oxygens (including phenoxy) is 1. The molecule has 2 N–H and O–H groups in total. The predicted molar refractivity (Wildman–Crippen MR) is 138 cm³/mol. The Labute approximate surface area is 215 Å². The zero-order valence-electron chi connectivity index (χ0n) is 22.8. The Kier molecular flexibility index (Phi) is 5.71. The summed E-state index contributed by atoms with van der Waals surface area (Å²) in [4.78, 5) is 27.2. The first-order valence-electron chi connectivity index (χ1n) is 13.6. The second-order valence-electron chi connectivity index (χ2n) is 13.2. The second-order valence-corrected chi connectivity index (χ2v) is 13.2. The van der Waals surface area contributed by atoms with Crippen LogP contribution in [0, 0.1) is 34.0 Å². The number of benzene rings is 1. The quantitative estimate of drug-likeness (QED) is 0.436. The summed E-state index contributed by atoms with van der Waals surface area (Å²) in [7, 11) is 0. The van der Waals surface area contributed by atoms with Gasteiger partial charge in [-0.3, -0.25) is 9.59 Å². The number of Topliss-reactive ketones (excluding diaryl/α,β-unsaturated/α-hetero) is 1. The summed E-state index contributed by atoms with van der Waals surface area (Å²) in [6, 6.07) is 10.1. The van der Waals surface area contributed by atoms with Crippen molar-refractivity contribution >= 4 is 11.8 Å². The average Bonchev–Trinajstić information content (AvgIpc) is 2.80. The van der Waals surface area contributed by atoms with Gasteiger partial charge in [0.25, 0.3) is 0 Å². The van der Waals surface area contributed by atoms with Crippen molar-refractivity contribution in [3.63, 3.8) is 0 Å². The van der Waals surface area contributed by atoms with Crippen LogP contribution in [0.2, 0.25) is 0 Å². The summed E-state index contributed by atoms with van der Waals surface area (Å²) in [6.45, 7) is 13.6. The third-order valence-electron chi connectivity index (χ3n) is 11.4. The van der Waals surface area contributed by atoms with Gasteiger partial charge >= 0.3 is 5.97 Å². The van der Waals surface area contributed by atoms with E-state index in [-0.39, 0.29) is 29.0 Å². The van der Waals surface area contributed by atoms with Crippen molar-refractivity contribution in [3.05, 3.63) is 47.0 Å². The van der Waals surface area contributed by atoms with Gasteiger partial charge in [-0.25, -0.2) is 0 Å². The largest absolute Gasteiger partial charge is 0.450 e. The average molecular weight is 495 g/mol. The molecule has 0 spiro atoms. The van der Waals surface area contributed by atoms with Crippen LogP contribution in [0.5, 0.6) is 0 Å². The van der Waals surface area contributed by atoms with Crippen LogP contribution in [0.25, 0.3) is 0 Å². The van der Waals surface area contributed by atoms with E-state index in [2.05, 4.69) is 26.0 Å². The fourth-order valence-electron chi connectivity index (χ4n) is 9.06. The van der Waals surface area contributed by atoms with E-state index in [1.165, 1.54) is 6.92 Å². The van der Waals surface area contributed by atoms with Crippen molar-refractivity contribution in [2.24, 2.45) is 34.0 Å². The summed E-state index contributed by atoms with van der Waals surface area (Å²) in [5.74, 6) is -1.12. The molecule has 2 bridgehead atoms. The molecule has 0 saturated heterocycles. The Balaban J connectivity index is 1.89. The van der Waals surface area contributed by atoms with E-state index >= 15 is 0 Å². The van der Waals surface area contributed by atoms with E-state index in [0.29, 0.717) is 24.3 Å². The van der Waals surface area contributed by atoms with Crippen LogP contribution in [0.15, 0.2) is 41.5 Å². The van der Waals surface area contributed by atoms with Crippen LogP contribution in [0.4, 0.5) is 0 Å². The molecular weight excluding hydrogens is 452 g/mol. The molecule has 0 heterocycles. The van der Waals surface area contributed by atoms with Gasteiger partial charge in [0.2, 0.25) is 0 Å². The van der Waals surface area contributed by atoms with Gasteiger partial charge in [-0.2, -0.15) is 0 Å². The molecule has 36 heavy (non-hydrogen) atoms. The number of carbonyl (C=O) groups excluding carboxylic acids is 2. The molecule has 3 saturated carbocycles. The summed E-state index contributed by atoms with van der Waals surface area (Å²) in [6.07, 6.45) is 1.07. The lowest BCUT2D eigenvalue weighted by atomic mass is 9.35. The van der Waals surface area contributed by atoms with Crippen LogP contribution in [0.3, 0.4) is 0 Å². The molecule has 1 aromatic carbocycles. The SMILES string of the molecule is CC(=O)O[C@H]1C(=O)[C@@]2(C)C(C(c3ccccc3)[C@]3(O)C[C@H](C)C(C)=C1C3(C)C)[C@]1(C)CC[C@@H]1C[C@@H]2O. The molecule has 0 aromatic heterocycles. The van der Waals surface area contributed by atoms with Crippen molar-refractivity contribution in [2.75, 3.05) is 0 Å². The molecule has 0 aliphatic heterocycles. The zero-order valence-corrected chi connectivity index (χ0v) is 22.8. The zero-order chi connectivity index (χ0) is 26.4. The van der Waals surface area contributed by atoms with Crippen molar-refractivity contribution in [1.29, 1.82) is 0 Å². The number of hydrogen-bond donors (Lipinski definition) is 2. The molecule has 0 radical (unpaired) electrons. The van der Waals surface area contributed by atoms with Crippen LogP contribution in [-0.2, 0) is 14.3 Å². The lowest BCUT2D eigenvalue weighted by Gasteiger charge is -2.69. The standard InChI is InChI=1S/C31H42O5/c1-17-16-31(35)24(20-11-9-8-10-12-20)26-29(6)14-13-21(29)15-22(33)30(26,7)27(34)25(36-19(3)32)23(18(17)2)28(31,4)5/h8-12,17,21-22,24-26,33,35H,13-16H2,1-7H3/t17-,21+,22-,24?,25+,26?,29+,30+,31+/m0/s1. The molecule has 196 valence electrons. The molecule has 2 unspecified atom stereocenters. The molecule has 3 fully saturated rings. The van der Waals surface area contributed by atoms with Gasteiger partial charge in [-0.1, -0.05) is 63.6 Å². The van der Waals surface area contributed by atoms with Crippen LogP contribution in [-0.4, -0.2) is 39.8 Å². The number of fused-ring (bicyclic) bond motifs is 5. The van der Waals surface area contributed by atoms with E-state index < -0.39 is 34.6 Å². The van der Waals surface area contributed by atoms with Crippen molar-refractivity contribution in [1.82, 2.24) is 0 Å². The van der Waals surface area contributed by atoms with Crippen LogP contribution >= 0.6 is 0 Å². The van der Waals surface area contributed by atoms with Crippen molar-refractivity contribution < 1.29 is 24.5 Å². The highest BCUT2D eigenvalue weighted by atomic mass is 16.5. The summed E-state index contributed by atoms with van der Waals surface area (Å²) in [5, 5.41) is 24.8. The van der Waals surface area contributed by atoms with Gasteiger partial charge in [-0.05, 0) is 73.8 Å². The Morgan fingerprint density at radius 1 is 1.11 bits per heavy atom. The minimum Gasteiger partial charge on any atom is -0.450 e. The Morgan fingerprint density at radius 3 is 2.31 bits per heavy atom. The first-order chi connectivity index (χ1) is 16.7. The van der Waals surface area contributed by atoms with Gasteiger partial charge in [0.15, 0.2) is 11.9 Å². The molecule has 5 rings (SSSR count). The number of allylic oxidation sites excluding steroid dienone is 1. The van der Waals surface area contributed by atoms with Crippen LogP contribution < -0.4 is 0 Å². The minimum atomic E-state index is -1.21. The predicted octanol–water partition coefficient (Wildman–Crippen LogP) is 5.20. The van der Waals surface area contributed by atoms with Gasteiger partial charge in [0, 0.05) is 18.3 Å². The van der Waals surface area contributed by atoms with Crippen molar-refractivity contribution in [3.8, 4) is 0 Å². The number of aliphatic hydroxyl groups is 2. The Bertz CT molecular complexity index is 1120. The summed E-state index contributed by atoms with van der Waals surface area (Å²) in [5.41, 5.74) is -0.729. The number of carbonyl (C=O) groups is 2. The smallest absolute Gasteiger partial charge is 0.303 e. The first-order valence-corrected chi connectivity index (χ1v) is 13.6. The van der Waals surface area contributed by atoms with Gasteiger partial charge < -0.3 is 14.9 Å². The monoisotopic (exact) mass is 494 g/mol. The number of aliphatic hydroxyl groups excluding tert-OH is 1. The molecular formula is C31H42O5. The lowest BCUT2D eigenvalue weighted by Crippen LogP contribution is -2.72. The Hall–Kier alpha value is -1.98. The maximum Gasteiger partial charge on any atom is 0.303 e. The molecule has 5 heteroatoms. The van der Waals surface area contributed by atoms with Crippen LogP contribution in [0.1, 0.15) is 85.6 Å². The Morgan fingerprint density at radius 2 is 1.75 bits per heavy atom. The number of hydrogen-bond acceptors (Lipinski definition) is 5. The van der Waals surface area contributed by atoms with E-state index in [1.54, 1.807) is 0 Å². The maximum absolute atomic E-state index is 14.8. The highest BCUT2D eigenvalue weighted by molar-refractivity contribution is 5.95. The van der Waals surface area contributed by atoms with E-state index in [4.69, 9.17) is 4.74 Å². The maximum atomic E-state index is 14.8. The number of rotatable bonds is 2. The van der Waals surface area contributed by atoms with Gasteiger partial charge in [0.05, 0.1) is 17.1 Å². The third kappa shape index (κ3) is 3.08. The van der Waals surface area contributed by atoms with E-state index in [0.717, 1.165) is 24.0 Å². The van der Waals surface area contributed by atoms with Gasteiger partial charge in [0.1, 0.15) is 0 Å². The fourth-order valence-corrected chi connectivity index (χ4v) is 9.06. The summed E-state index contributed by atoms with van der Waals surface area (Å²) >= 11 is 0.